The molecule has 1 unspecified atom stereocenters. The van der Waals surface area contributed by atoms with Crippen molar-refractivity contribution in [1.82, 2.24) is 15.5 Å². The van der Waals surface area contributed by atoms with Gasteiger partial charge in [0.25, 0.3) is 0 Å². The molecule has 8 rings (SSSR count). The normalized spacial score (nSPS) is 25.5. The van der Waals surface area contributed by atoms with Crippen molar-refractivity contribution in [1.29, 1.82) is 0 Å². The SMILES string of the molecule is CC12CC(C(=O)NC3CCN(CCCCC4(C(=O)NCC(F)(F)F)c5ccccc5-c5ccccc54)CC3)(C1)C(c1ccc(C(F)(F)F)cc1)O2. The summed E-state index contributed by atoms with van der Waals surface area (Å²) in [6.45, 7) is 2.78. The summed E-state index contributed by atoms with van der Waals surface area (Å²) in [5.74, 6) is -0.764. The van der Waals surface area contributed by atoms with Gasteiger partial charge in [0.05, 0.1) is 22.7 Å². The van der Waals surface area contributed by atoms with Crippen molar-refractivity contribution >= 4 is 11.8 Å². The summed E-state index contributed by atoms with van der Waals surface area (Å²) in [4.78, 5) is 29.8. The third-order valence-electron chi connectivity index (χ3n) is 11.4. The number of ether oxygens (including phenoxy) is 1. The van der Waals surface area contributed by atoms with Gasteiger partial charge in [-0.1, -0.05) is 67.1 Å². The highest BCUT2D eigenvalue weighted by Gasteiger charge is 2.69. The fraction of sp³-hybridized carbons (Fsp3) is 0.487. The van der Waals surface area contributed by atoms with Gasteiger partial charge in [0.2, 0.25) is 11.8 Å². The highest BCUT2D eigenvalue weighted by Crippen LogP contribution is 2.67. The van der Waals surface area contributed by atoms with Crippen LogP contribution in [0.5, 0.6) is 0 Å². The molecule has 1 saturated carbocycles. The summed E-state index contributed by atoms with van der Waals surface area (Å²) in [6, 6.07) is 19.7. The number of piperidine rings is 1. The summed E-state index contributed by atoms with van der Waals surface area (Å²) in [5, 5.41) is 5.41. The number of halogens is 6. The molecule has 0 aromatic heterocycles. The molecule has 2 aliphatic carbocycles. The first-order chi connectivity index (χ1) is 24.1. The molecule has 1 atom stereocenters. The minimum atomic E-state index is -4.53. The first-order valence-electron chi connectivity index (χ1n) is 17.6. The molecule has 2 N–H and O–H groups in total. The molecule has 3 heterocycles. The van der Waals surface area contributed by atoms with Gasteiger partial charge < -0.3 is 20.3 Å². The molecule has 0 radical (unpaired) electrons. The molecule has 4 fully saturated rings. The maximum absolute atomic E-state index is 13.7. The van der Waals surface area contributed by atoms with Gasteiger partial charge in [-0.05, 0) is 91.9 Å². The van der Waals surface area contributed by atoms with Gasteiger partial charge in [0.15, 0.2) is 0 Å². The van der Waals surface area contributed by atoms with E-state index in [-0.39, 0.29) is 11.9 Å². The zero-order valence-electron chi connectivity index (χ0n) is 28.3. The number of unbranched alkanes of at least 4 members (excludes halogenated alkanes) is 1. The summed E-state index contributed by atoms with van der Waals surface area (Å²) < 4.78 is 85.2. The number of nitrogens with one attached hydrogen (secondary N) is 2. The average Bonchev–Trinajstić information content (AvgIpc) is 3.68. The van der Waals surface area contributed by atoms with Crippen LogP contribution in [0, 0.1) is 5.41 Å². The number of benzene rings is 3. The second kappa shape index (κ2) is 12.9. The topological polar surface area (TPSA) is 70.7 Å². The zero-order valence-corrected chi connectivity index (χ0v) is 28.3. The Morgan fingerprint density at radius 3 is 1.98 bits per heavy atom. The number of hydrogen-bond donors (Lipinski definition) is 2. The van der Waals surface area contributed by atoms with Crippen molar-refractivity contribution in [2.75, 3.05) is 26.2 Å². The lowest BCUT2D eigenvalue weighted by Crippen LogP contribution is -2.55. The van der Waals surface area contributed by atoms with Gasteiger partial charge in [-0.2, -0.15) is 26.3 Å². The molecule has 2 amide bonds. The summed E-state index contributed by atoms with van der Waals surface area (Å²) in [7, 11) is 0. The van der Waals surface area contributed by atoms with Crippen molar-refractivity contribution in [3.8, 4) is 11.1 Å². The van der Waals surface area contributed by atoms with Crippen molar-refractivity contribution in [2.45, 2.75) is 87.4 Å². The van der Waals surface area contributed by atoms with Crippen molar-refractivity contribution < 1.29 is 40.7 Å². The van der Waals surface area contributed by atoms with E-state index in [2.05, 4.69) is 15.5 Å². The van der Waals surface area contributed by atoms with E-state index in [1.165, 1.54) is 12.1 Å². The van der Waals surface area contributed by atoms with Gasteiger partial charge in [0.1, 0.15) is 12.0 Å². The number of carbonyl (C=O) groups is 2. The fourth-order valence-electron chi connectivity index (χ4n) is 9.10. The molecular weight excluding hydrogens is 672 g/mol. The lowest BCUT2D eigenvalue weighted by atomic mass is 9.59. The maximum Gasteiger partial charge on any atom is 0.416 e. The molecule has 3 aliphatic heterocycles. The molecule has 272 valence electrons. The number of carbonyl (C=O) groups excluding carboxylic acids is 2. The number of hydrogen-bond acceptors (Lipinski definition) is 4. The van der Waals surface area contributed by atoms with E-state index in [1.807, 2.05) is 55.5 Å². The average molecular weight is 714 g/mol. The van der Waals surface area contributed by atoms with Crippen LogP contribution in [0.25, 0.3) is 11.1 Å². The van der Waals surface area contributed by atoms with Crippen molar-refractivity contribution in [2.24, 2.45) is 5.41 Å². The molecule has 2 bridgehead atoms. The van der Waals surface area contributed by atoms with E-state index in [0.29, 0.717) is 31.2 Å². The quantitative estimate of drug-likeness (QED) is 0.167. The monoisotopic (exact) mass is 713 g/mol. The Morgan fingerprint density at radius 1 is 0.824 bits per heavy atom. The molecular formula is C39H41F6N3O3. The molecule has 3 aromatic rings. The van der Waals surface area contributed by atoms with E-state index >= 15 is 0 Å². The van der Waals surface area contributed by atoms with Crippen LogP contribution in [0.1, 0.15) is 80.2 Å². The van der Waals surface area contributed by atoms with Crippen LogP contribution < -0.4 is 10.6 Å². The van der Waals surface area contributed by atoms with Gasteiger partial charge in [0, 0.05) is 19.1 Å². The molecule has 6 nitrogen and oxygen atoms in total. The first kappa shape index (κ1) is 35.5. The van der Waals surface area contributed by atoms with E-state index in [4.69, 9.17) is 4.74 Å². The lowest BCUT2D eigenvalue weighted by molar-refractivity contribution is -0.141. The van der Waals surface area contributed by atoms with Gasteiger partial charge in [-0.3, -0.25) is 9.59 Å². The Balaban J connectivity index is 0.948. The number of fused-ring (bicyclic) bond motifs is 4. The van der Waals surface area contributed by atoms with Crippen LogP contribution in [-0.4, -0.2) is 60.7 Å². The minimum absolute atomic E-state index is 0.0454. The number of nitrogens with zero attached hydrogens (tertiary/aromatic N) is 1. The van der Waals surface area contributed by atoms with Gasteiger partial charge >= 0.3 is 12.4 Å². The fourth-order valence-corrected chi connectivity index (χ4v) is 9.10. The molecule has 0 spiro atoms. The number of rotatable bonds is 10. The van der Waals surface area contributed by atoms with E-state index in [0.717, 1.165) is 73.3 Å². The van der Waals surface area contributed by atoms with Gasteiger partial charge in [-0.25, -0.2) is 0 Å². The third kappa shape index (κ3) is 6.54. The number of alkyl halides is 6. The Hall–Kier alpha value is -3.90. The summed E-state index contributed by atoms with van der Waals surface area (Å²) >= 11 is 0. The summed E-state index contributed by atoms with van der Waals surface area (Å²) in [6.07, 6.45) is -5.37. The van der Waals surface area contributed by atoms with E-state index < -0.39 is 52.9 Å². The second-order valence-corrected chi connectivity index (χ2v) is 14.9. The Bertz CT molecular complexity index is 1730. The molecule has 3 saturated heterocycles. The standard InChI is InChI=1S/C39H41F6N3O3/c1-35-22-36(23-35,32(51-35)25-12-14-26(15-13-25)39(43,44)45)33(49)47-27-16-20-48(21-17-27)19-7-6-18-37(34(50)46-24-38(40,41)42)30-10-4-2-8-28(30)29-9-3-5-11-31(29)37/h2-5,8-15,27,32H,6-7,16-24H2,1H3,(H,46,50)(H,47,49). The zero-order chi connectivity index (χ0) is 36.2. The third-order valence-corrected chi connectivity index (χ3v) is 11.4. The number of amides is 2. The Labute approximate surface area is 292 Å². The highest BCUT2D eigenvalue weighted by molar-refractivity contribution is 6.00. The largest absolute Gasteiger partial charge is 0.416 e. The van der Waals surface area contributed by atoms with Crippen LogP contribution in [0.2, 0.25) is 0 Å². The van der Waals surface area contributed by atoms with Crippen molar-refractivity contribution in [3.05, 3.63) is 95.1 Å². The van der Waals surface area contributed by atoms with Crippen molar-refractivity contribution in [3.63, 3.8) is 0 Å². The maximum atomic E-state index is 13.7. The van der Waals surface area contributed by atoms with Crippen LogP contribution in [0.15, 0.2) is 72.8 Å². The van der Waals surface area contributed by atoms with E-state index in [9.17, 15) is 35.9 Å². The predicted octanol–water partition coefficient (Wildman–Crippen LogP) is 7.71. The van der Waals surface area contributed by atoms with Crippen LogP contribution in [0.4, 0.5) is 26.3 Å². The van der Waals surface area contributed by atoms with Crippen LogP contribution in [-0.2, 0) is 25.9 Å². The smallest absolute Gasteiger partial charge is 0.366 e. The van der Waals surface area contributed by atoms with E-state index in [1.54, 1.807) is 0 Å². The molecule has 12 heteroatoms. The lowest BCUT2D eigenvalue weighted by Gasteiger charge is -2.43. The first-order valence-corrected chi connectivity index (χ1v) is 17.6. The highest BCUT2D eigenvalue weighted by atomic mass is 19.4. The van der Waals surface area contributed by atoms with Gasteiger partial charge in [-0.15, -0.1) is 0 Å². The summed E-state index contributed by atoms with van der Waals surface area (Å²) in [5.41, 5.74) is 0.477. The minimum Gasteiger partial charge on any atom is -0.366 e. The Morgan fingerprint density at radius 2 is 1.41 bits per heavy atom. The number of likely N-dealkylation sites (tertiary alicyclic amines) is 1. The molecule has 5 aliphatic rings. The Kier molecular flexibility index (Phi) is 9.01. The molecule has 51 heavy (non-hydrogen) atoms. The second-order valence-electron chi connectivity index (χ2n) is 14.9. The van der Waals surface area contributed by atoms with Crippen LogP contribution in [0.3, 0.4) is 0 Å². The van der Waals surface area contributed by atoms with Crippen LogP contribution >= 0.6 is 0 Å². The molecule has 3 aromatic carbocycles. The predicted molar refractivity (Wildman–Crippen MR) is 179 cm³/mol.